The second-order valence-electron chi connectivity index (χ2n) is 4.04. The van der Waals surface area contributed by atoms with E-state index < -0.39 is 0 Å². The average Bonchev–Trinajstić information content (AvgIpc) is 2.41. The van der Waals surface area contributed by atoms with Crippen LogP contribution in [0.5, 0.6) is 5.75 Å². The lowest BCUT2D eigenvalue weighted by atomic mass is 10.2. The van der Waals surface area contributed by atoms with Crippen molar-refractivity contribution in [2.24, 2.45) is 0 Å². The number of carbonyl (C=O) groups is 1. The maximum absolute atomic E-state index is 10.9. The molecule has 0 spiro atoms. The fraction of sp³-hybridized carbons (Fsp3) is 0.200. The first-order valence-corrected chi connectivity index (χ1v) is 5.89. The molecule has 0 unspecified atom stereocenters. The lowest BCUT2D eigenvalue weighted by Gasteiger charge is -2.08. The van der Waals surface area contributed by atoms with Crippen molar-refractivity contribution >= 4 is 6.29 Å². The Morgan fingerprint density at radius 1 is 1.17 bits per heavy atom. The Kier molecular flexibility index (Phi) is 4.07. The molecule has 0 saturated heterocycles. The highest BCUT2D eigenvalue weighted by molar-refractivity contribution is 5.76. The summed E-state index contributed by atoms with van der Waals surface area (Å²) in [7, 11) is 0. The summed E-state index contributed by atoms with van der Waals surface area (Å²) in [6.45, 7) is 2.39. The molecule has 3 heteroatoms. The highest BCUT2D eigenvalue weighted by atomic mass is 16.5. The minimum atomic E-state index is 0.364. The van der Waals surface area contributed by atoms with E-state index in [1.807, 2.05) is 31.2 Å². The van der Waals surface area contributed by atoms with Crippen LogP contribution in [-0.2, 0) is 6.42 Å². The summed E-state index contributed by atoms with van der Waals surface area (Å²) >= 11 is 0. The number of aryl methyl sites for hydroxylation is 1. The van der Waals surface area contributed by atoms with E-state index in [9.17, 15) is 4.79 Å². The normalized spacial score (nSPS) is 10.1. The van der Waals surface area contributed by atoms with Gasteiger partial charge in [-0.25, -0.2) is 4.98 Å². The van der Waals surface area contributed by atoms with Crippen molar-refractivity contribution in [1.29, 1.82) is 0 Å². The number of aromatic nitrogens is 1. The first-order valence-electron chi connectivity index (χ1n) is 5.89. The number of nitrogens with zero attached hydrogens (tertiary/aromatic N) is 1. The molecule has 0 radical (unpaired) electrons. The number of benzene rings is 1. The van der Waals surface area contributed by atoms with Crippen molar-refractivity contribution in [2.45, 2.75) is 13.3 Å². The Morgan fingerprint density at radius 3 is 2.67 bits per heavy atom. The summed E-state index contributed by atoms with van der Waals surface area (Å²) in [5, 5.41) is 0. The number of rotatable bonds is 5. The SMILES string of the molecule is Cc1ccc(OCCc2ccccc2)c(C=O)n1. The second-order valence-corrected chi connectivity index (χ2v) is 4.04. The first kappa shape index (κ1) is 12.3. The third kappa shape index (κ3) is 3.17. The molecule has 0 aliphatic heterocycles. The molecule has 0 aliphatic rings. The first-order chi connectivity index (χ1) is 8.79. The molecule has 0 aliphatic carbocycles. The zero-order chi connectivity index (χ0) is 12.8. The van der Waals surface area contributed by atoms with E-state index in [0.29, 0.717) is 18.1 Å². The van der Waals surface area contributed by atoms with Crippen LogP contribution in [0.3, 0.4) is 0 Å². The van der Waals surface area contributed by atoms with Crippen molar-refractivity contribution in [2.75, 3.05) is 6.61 Å². The minimum absolute atomic E-state index is 0.364. The average molecular weight is 241 g/mol. The molecule has 92 valence electrons. The van der Waals surface area contributed by atoms with Crippen molar-refractivity contribution < 1.29 is 9.53 Å². The zero-order valence-electron chi connectivity index (χ0n) is 10.3. The standard InChI is InChI=1S/C15H15NO2/c1-12-7-8-15(14(11-17)16-12)18-10-9-13-5-3-2-4-6-13/h2-8,11H,9-10H2,1H3. The summed E-state index contributed by atoms with van der Waals surface area (Å²) in [4.78, 5) is 15.0. The van der Waals surface area contributed by atoms with Gasteiger partial charge in [0.15, 0.2) is 6.29 Å². The van der Waals surface area contributed by atoms with Gasteiger partial charge in [-0.3, -0.25) is 4.79 Å². The van der Waals surface area contributed by atoms with Crippen molar-refractivity contribution in [3.8, 4) is 5.75 Å². The van der Waals surface area contributed by atoms with Gasteiger partial charge in [0, 0.05) is 12.1 Å². The Hall–Kier alpha value is -2.16. The van der Waals surface area contributed by atoms with Gasteiger partial charge in [-0.05, 0) is 24.6 Å². The molecule has 0 bridgehead atoms. The molecule has 0 N–H and O–H groups in total. The summed E-state index contributed by atoms with van der Waals surface area (Å²) < 4.78 is 5.59. The van der Waals surface area contributed by atoms with Crippen molar-refractivity contribution in [1.82, 2.24) is 4.98 Å². The fourth-order valence-electron chi connectivity index (χ4n) is 1.69. The van der Waals surface area contributed by atoms with Gasteiger partial charge in [0.1, 0.15) is 11.4 Å². The van der Waals surface area contributed by atoms with E-state index in [4.69, 9.17) is 4.74 Å². The Bertz CT molecular complexity index is 523. The number of hydrogen-bond donors (Lipinski definition) is 0. The molecule has 0 atom stereocenters. The summed E-state index contributed by atoms with van der Waals surface area (Å²) in [6, 6.07) is 13.7. The monoisotopic (exact) mass is 241 g/mol. The number of aldehydes is 1. The summed E-state index contributed by atoms with van der Waals surface area (Å²) in [5.41, 5.74) is 2.39. The minimum Gasteiger partial charge on any atom is -0.491 e. The predicted octanol–water partition coefficient (Wildman–Crippen LogP) is 2.82. The van der Waals surface area contributed by atoms with Crippen LogP contribution in [0.2, 0.25) is 0 Å². The van der Waals surface area contributed by atoms with Gasteiger partial charge >= 0.3 is 0 Å². The highest BCUT2D eigenvalue weighted by Crippen LogP contribution is 2.15. The van der Waals surface area contributed by atoms with Gasteiger partial charge in [0.2, 0.25) is 0 Å². The topological polar surface area (TPSA) is 39.2 Å². The Labute approximate surface area is 106 Å². The summed E-state index contributed by atoms with van der Waals surface area (Å²) in [5.74, 6) is 0.548. The maximum Gasteiger partial charge on any atom is 0.172 e. The van der Waals surface area contributed by atoms with E-state index in [-0.39, 0.29) is 0 Å². The molecular weight excluding hydrogens is 226 g/mol. The smallest absolute Gasteiger partial charge is 0.172 e. The van der Waals surface area contributed by atoms with Crippen LogP contribution >= 0.6 is 0 Å². The van der Waals surface area contributed by atoms with Gasteiger partial charge in [0.05, 0.1) is 6.61 Å². The van der Waals surface area contributed by atoms with E-state index in [1.54, 1.807) is 6.07 Å². The maximum atomic E-state index is 10.9. The lowest BCUT2D eigenvalue weighted by Crippen LogP contribution is -2.04. The molecule has 1 heterocycles. The lowest BCUT2D eigenvalue weighted by molar-refractivity contribution is 0.111. The van der Waals surface area contributed by atoms with E-state index >= 15 is 0 Å². The highest BCUT2D eigenvalue weighted by Gasteiger charge is 2.04. The molecule has 3 nitrogen and oxygen atoms in total. The molecule has 0 fully saturated rings. The van der Waals surface area contributed by atoms with Crippen molar-refractivity contribution in [3.05, 3.63) is 59.4 Å². The van der Waals surface area contributed by atoms with Gasteiger partial charge in [-0.15, -0.1) is 0 Å². The van der Waals surface area contributed by atoms with Crippen LogP contribution < -0.4 is 4.74 Å². The molecule has 2 rings (SSSR count). The number of ether oxygens (including phenoxy) is 1. The van der Waals surface area contributed by atoms with Gasteiger partial charge in [0.25, 0.3) is 0 Å². The number of carbonyl (C=O) groups excluding carboxylic acids is 1. The van der Waals surface area contributed by atoms with Crippen LogP contribution in [0.4, 0.5) is 0 Å². The molecule has 1 aromatic carbocycles. The van der Waals surface area contributed by atoms with Crippen LogP contribution in [-0.4, -0.2) is 17.9 Å². The number of hydrogen-bond acceptors (Lipinski definition) is 3. The van der Waals surface area contributed by atoms with Gasteiger partial charge in [-0.1, -0.05) is 30.3 Å². The Morgan fingerprint density at radius 2 is 1.94 bits per heavy atom. The third-order valence-electron chi connectivity index (χ3n) is 2.63. The van der Waals surface area contributed by atoms with Crippen LogP contribution in [0.25, 0.3) is 0 Å². The van der Waals surface area contributed by atoms with Crippen molar-refractivity contribution in [3.63, 3.8) is 0 Å². The van der Waals surface area contributed by atoms with E-state index in [2.05, 4.69) is 17.1 Å². The van der Waals surface area contributed by atoms with E-state index in [0.717, 1.165) is 18.4 Å². The summed E-state index contributed by atoms with van der Waals surface area (Å²) in [6.07, 6.45) is 1.54. The zero-order valence-corrected chi connectivity index (χ0v) is 10.3. The van der Waals surface area contributed by atoms with Crippen LogP contribution in [0, 0.1) is 6.92 Å². The van der Waals surface area contributed by atoms with Crippen LogP contribution in [0.15, 0.2) is 42.5 Å². The molecule has 0 saturated carbocycles. The molecule has 1 aromatic heterocycles. The molecule has 0 amide bonds. The second kappa shape index (κ2) is 5.96. The largest absolute Gasteiger partial charge is 0.491 e. The molecular formula is C15H15NO2. The molecule has 2 aromatic rings. The Balaban J connectivity index is 1.96. The quantitative estimate of drug-likeness (QED) is 0.756. The van der Waals surface area contributed by atoms with E-state index in [1.165, 1.54) is 5.56 Å². The van der Waals surface area contributed by atoms with Crippen LogP contribution in [0.1, 0.15) is 21.7 Å². The third-order valence-corrected chi connectivity index (χ3v) is 2.63. The van der Waals surface area contributed by atoms with Gasteiger partial charge in [-0.2, -0.15) is 0 Å². The predicted molar refractivity (Wildman–Crippen MR) is 70.0 cm³/mol. The number of pyridine rings is 1. The van der Waals surface area contributed by atoms with Gasteiger partial charge < -0.3 is 4.74 Å². The fourth-order valence-corrected chi connectivity index (χ4v) is 1.69. The molecule has 18 heavy (non-hydrogen) atoms.